The number of rotatable bonds is 47. The van der Waals surface area contributed by atoms with Crippen molar-refractivity contribution in [1.82, 2.24) is 93.8 Å². The molecule has 16 atom stereocenters. The number of imidazole rings is 1. The van der Waals surface area contributed by atoms with Gasteiger partial charge >= 0.3 is 5.97 Å². The van der Waals surface area contributed by atoms with Crippen LogP contribution >= 0.6 is 0 Å². The summed E-state index contributed by atoms with van der Waals surface area (Å²) < 4.78 is 0. The van der Waals surface area contributed by atoms with E-state index >= 15 is 0 Å². The van der Waals surface area contributed by atoms with Gasteiger partial charge in [0.05, 0.1) is 43.4 Å². The summed E-state index contributed by atoms with van der Waals surface area (Å²) >= 11 is 0. The number of amides is 14. The molecule has 2 aromatic rings. The standard InChI is InChI=1S/C75H121N23O20/c1-9-40(6)58(76)69(114)89-47(16-11-25-83-75(79)80)63(108)93-51(30-39(4)5)71(116)96-26-12-17-53(96)66(111)88-46(15-10-24-82-74(77)78)62(107)92-50(29-38(2)3)72(117)97-27-13-18-54(97)67(112)91-49(32-44-33-81-37-86-44)61(106)84-34-56(103)87-52(36-99)65(110)90-48(31-43-20-22-45(102)23-21-43)64(109)95-60(42(8)101)73(118)98-28-14-19-55(98)68(113)94-59(41(7)100)70(115)85-35-57(104)105/h20-23,33,37-42,46-55,58-60,99-102H,9-19,24-32,34-36,76H2,1-8H3,(H,81,86)(H,84,106)(H,85,115)(H,87,103)(H,88,111)(H,89,114)(H,90,110)(H,91,112)(H,92,107)(H,93,108)(H,94,113)(H,95,109)(H,104,105)(H4,77,78,82)(H4,79,80,83)/t40-,41+,42+,46-,47-,48-,49-,50-,51-,52-,53-,54-,55-,58-,59-,60-/m0/s1. The van der Waals surface area contributed by atoms with E-state index in [1.165, 1.54) is 46.6 Å². The fraction of sp³-hybridized carbons (Fsp3) is 0.653. The number of carbonyl (C=O) groups excluding carboxylic acids is 14. The maximum Gasteiger partial charge on any atom is 0.322 e. The van der Waals surface area contributed by atoms with Gasteiger partial charge in [-0.3, -0.25) is 82.7 Å². The van der Waals surface area contributed by atoms with Gasteiger partial charge in [0.25, 0.3) is 0 Å². The molecule has 118 heavy (non-hydrogen) atoms. The zero-order valence-electron chi connectivity index (χ0n) is 68.0. The fourth-order valence-corrected chi connectivity index (χ4v) is 13.8. The fourth-order valence-electron chi connectivity index (χ4n) is 13.8. The molecule has 1 aromatic carbocycles. The monoisotopic (exact) mass is 1660 g/mol. The number of carboxylic acid groups (broad SMARTS) is 1. The van der Waals surface area contributed by atoms with Crippen molar-refractivity contribution in [2.75, 3.05) is 52.4 Å². The van der Waals surface area contributed by atoms with Crippen molar-refractivity contribution in [1.29, 1.82) is 10.8 Å². The van der Waals surface area contributed by atoms with Crippen molar-refractivity contribution in [3.8, 4) is 5.75 Å². The molecule has 0 radical (unpaired) electrons. The number of aromatic amines is 1. The number of carboxylic acids is 1. The number of aromatic hydroxyl groups is 1. The van der Waals surface area contributed by atoms with Crippen LogP contribution in [0.15, 0.2) is 36.8 Å². The molecule has 0 bridgehead atoms. The van der Waals surface area contributed by atoms with Gasteiger partial charge < -0.3 is 132 Å². The molecule has 0 unspecified atom stereocenters. The molecule has 1 aromatic heterocycles. The molecule has 0 aliphatic carbocycles. The Morgan fingerprint density at radius 2 is 0.949 bits per heavy atom. The molecular formula is C75H121N23O20. The zero-order chi connectivity index (χ0) is 87.8. The molecule has 43 heteroatoms. The maximum atomic E-state index is 15.0. The highest BCUT2D eigenvalue weighted by atomic mass is 16.4. The highest BCUT2D eigenvalue weighted by Crippen LogP contribution is 2.26. The predicted molar refractivity (Wildman–Crippen MR) is 424 cm³/mol. The van der Waals surface area contributed by atoms with Crippen molar-refractivity contribution in [2.45, 2.75) is 242 Å². The second-order valence-electron chi connectivity index (χ2n) is 30.8. The summed E-state index contributed by atoms with van der Waals surface area (Å²) in [5, 5.41) is 99.1. The predicted octanol–water partition coefficient (Wildman–Crippen LogP) is -6.70. The van der Waals surface area contributed by atoms with Crippen molar-refractivity contribution in [2.24, 2.45) is 35.0 Å². The van der Waals surface area contributed by atoms with Crippen LogP contribution in [0.3, 0.4) is 0 Å². The summed E-state index contributed by atoms with van der Waals surface area (Å²) in [4.78, 5) is 220. The molecule has 3 saturated heterocycles. The topological polar surface area (TPSA) is 678 Å². The highest BCUT2D eigenvalue weighted by molar-refractivity contribution is 6.01. The van der Waals surface area contributed by atoms with Crippen molar-refractivity contribution < 1.29 is 97.5 Å². The van der Waals surface area contributed by atoms with Gasteiger partial charge in [-0.2, -0.15) is 0 Å². The number of likely N-dealkylation sites (tertiary alicyclic amines) is 3. The van der Waals surface area contributed by atoms with Gasteiger partial charge in [0.2, 0.25) is 82.7 Å². The number of carbonyl (C=O) groups is 15. The molecule has 4 heterocycles. The van der Waals surface area contributed by atoms with E-state index in [2.05, 4.69) is 79.1 Å². The van der Waals surface area contributed by atoms with Crippen LogP contribution < -0.4 is 86.3 Å². The molecule has 43 nitrogen and oxygen atoms in total. The Hall–Kier alpha value is -11.3. The Bertz CT molecular complexity index is 3790. The van der Waals surface area contributed by atoms with Gasteiger partial charge in [-0.05, 0) is 126 Å². The summed E-state index contributed by atoms with van der Waals surface area (Å²) in [6, 6.07) is -12.8. The van der Waals surface area contributed by atoms with Gasteiger partial charge in [-0.1, -0.05) is 60.1 Å². The number of aromatic nitrogens is 2. The summed E-state index contributed by atoms with van der Waals surface area (Å²) in [5.41, 5.74) is 17.9. The van der Waals surface area contributed by atoms with E-state index in [-0.39, 0.29) is 157 Å². The molecular weight excluding hydrogens is 1540 g/mol. The number of guanidine groups is 2. The van der Waals surface area contributed by atoms with Gasteiger partial charge in [0.15, 0.2) is 11.9 Å². The lowest BCUT2D eigenvalue weighted by Gasteiger charge is -2.32. The second-order valence-corrected chi connectivity index (χ2v) is 30.8. The van der Waals surface area contributed by atoms with E-state index in [9.17, 15) is 92.3 Å². The normalized spacial score (nSPS) is 18.5. The third-order valence-electron chi connectivity index (χ3n) is 20.3. The lowest BCUT2D eigenvalue weighted by atomic mass is 9.98. The first-order valence-corrected chi connectivity index (χ1v) is 39.8. The average Bonchev–Trinajstić information content (AvgIpc) is 1.79. The number of aliphatic hydroxyl groups is 3. The lowest BCUT2D eigenvalue weighted by Crippen LogP contribution is -2.62. The van der Waals surface area contributed by atoms with E-state index in [0.717, 1.165) is 18.7 Å². The summed E-state index contributed by atoms with van der Waals surface area (Å²) in [6.45, 7) is 10.7. The van der Waals surface area contributed by atoms with Crippen molar-refractivity contribution in [3.63, 3.8) is 0 Å². The minimum Gasteiger partial charge on any atom is -0.508 e. The van der Waals surface area contributed by atoms with Crippen LogP contribution in [0.5, 0.6) is 5.75 Å². The first-order valence-electron chi connectivity index (χ1n) is 39.8. The molecule has 0 spiro atoms. The minimum absolute atomic E-state index is 0.0159. The number of nitrogens with two attached hydrogens (primary N) is 3. The Kier molecular flexibility index (Phi) is 39.4. The van der Waals surface area contributed by atoms with E-state index in [0.29, 0.717) is 18.4 Å². The number of hydrogen-bond donors (Lipinski definition) is 24. The van der Waals surface area contributed by atoms with Crippen LogP contribution in [-0.4, -0.2) is 294 Å². The van der Waals surface area contributed by atoms with Gasteiger partial charge in [-0.25, -0.2) is 4.98 Å². The van der Waals surface area contributed by atoms with Crippen LogP contribution in [0, 0.1) is 28.6 Å². The number of phenolic OH excluding ortho intramolecular Hbond substituents is 1. The number of benzene rings is 1. The lowest BCUT2D eigenvalue weighted by molar-refractivity contribution is -0.145. The SMILES string of the molecule is CC[C@H](C)[C@H](N)C(=O)N[C@@H](CCCNC(=N)N)C(=O)N[C@@H](CC(C)C)C(=O)N1CCC[C@H]1C(=O)N[C@@H](CCCNC(=N)N)C(=O)N[C@@H](CC(C)C)C(=O)N1CCC[C@H]1C(=O)N[C@@H](Cc1c[nH]cn1)C(=O)NCC(=O)N[C@@H](CO)C(=O)N[C@@H](Cc1ccc(O)cc1)C(=O)N[C@H](C(=O)N1CCC[C@H]1C(=O)N[C@H](C(=O)NCC(=O)O)[C@@H](C)O)[C@@H](C)O. The Morgan fingerprint density at radius 1 is 0.517 bits per heavy atom. The van der Waals surface area contributed by atoms with Crippen LogP contribution in [-0.2, 0) is 84.8 Å². The van der Waals surface area contributed by atoms with E-state index in [4.69, 9.17) is 33.1 Å². The van der Waals surface area contributed by atoms with Gasteiger partial charge in [0.1, 0.15) is 84.8 Å². The maximum absolute atomic E-state index is 15.0. The number of nitrogens with zero attached hydrogens (tertiary/aromatic N) is 4. The molecule has 27 N–H and O–H groups in total. The summed E-state index contributed by atoms with van der Waals surface area (Å²) in [5.74, 6) is -15.1. The number of H-pyrrole nitrogens is 1. The average molecular weight is 1660 g/mol. The molecule has 5 rings (SSSR count). The molecule has 14 amide bonds. The smallest absolute Gasteiger partial charge is 0.322 e. The number of aliphatic carboxylic acids is 1. The van der Waals surface area contributed by atoms with Crippen LogP contribution in [0.2, 0.25) is 0 Å². The summed E-state index contributed by atoms with van der Waals surface area (Å²) in [6.07, 6.45) is 1.19. The van der Waals surface area contributed by atoms with Crippen molar-refractivity contribution in [3.05, 3.63) is 48.0 Å². The highest BCUT2D eigenvalue weighted by Gasteiger charge is 2.45. The molecule has 3 aliphatic rings. The second kappa shape index (κ2) is 47.8. The largest absolute Gasteiger partial charge is 0.508 e. The molecule has 3 aliphatic heterocycles. The number of aliphatic hydroxyl groups excluding tert-OH is 3. The zero-order valence-corrected chi connectivity index (χ0v) is 68.0. The number of nitrogens with one attached hydrogen (secondary N) is 16. The van der Waals surface area contributed by atoms with Crippen LogP contribution in [0.4, 0.5) is 0 Å². The van der Waals surface area contributed by atoms with Crippen LogP contribution in [0.25, 0.3) is 0 Å². The number of phenols is 1. The van der Waals surface area contributed by atoms with E-state index in [1.807, 2.05) is 20.8 Å². The Morgan fingerprint density at radius 3 is 1.40 bits per heavy atom. The molecule has 0 saturated carbocycles. The molecule has 656 valence electrons. The third-order valence-corrected chi connectivity index (χ3v) is 20.3. The summed E-state index contributed by atoms with van der Waals surface area (Å²) in [7, 11) is 0. The van der Waals surface area contributed by atoms with Crippen LogP contribution in [0.1, 0.15) is 150 Å². The molecule has 3 fully saturated rings. The number of hydrogen-bond acceptors (Lipinski definition) is 23. The minimum atomic E-state index is -1.84. The van der Waals surface area contributed by atoms with Gasteiger partial charge in [-0.15, -0.1) is 0 Å². The Labute approximate surface area is 683 Å². The Balaban J connectivity index is 1.29. The first kappa shape index (κ1) is 97.2. The van der Waals surface area contributed by atoms with E-state index in [1.54, 1.807) is 20.8 Å². The van der Waals surface area contributed by atoms with Crippen molar-refractivity contribution >= 4 is 101 Å². The quantitative estimate of drug-likeness (QED) is 0.0166. The van der Waals surface area contributed by atoms with Gasteiger partial charge in [0, 0.05) is 51.8 Å². The first-order chi connectivity index (χ1) is 55.7. The van der Waals surface area contributed by atoms with E-state index < -0.39 is 199 Å². The third kappa shape index (κ3) is 30.6.